The van der Waals surface area contributed by atoms with Gasteiger partial charge < -0.3 is 15.1 Å². The van der Waals surface area contributed by atoms with Crippen molar-refractivity contribution >= 4 is 52.9 Å². The second kappa shape index (κ2) is 12.0. The minimum atomic E-state index is 0. The Labute approximate surface area is 185 Å². The van der Waals surface area contributed by atoms with Gasteiger partial charge in [0.2, 0.25) is 0 Å². The molecule has 0 amide bonds. The van der Waals surface area contributed by atoms with Crippen LogP contribution in [0.4, 0.5) is 0 Å². The number of nitrogens with one attached hydrogen (secondary N) is 2. The molecule has 3 rings (SSSR count). The maximum Gasteiger partial charge on any atom is 0.191 e. The molecule has 0 bridgehead atoms. The summed E-state index contributed by atoms with van der Waals surface area (Å²) in [7, 11) is 0. The van der Waals surface area contributed by atoms with Crippen LogP contribution in [0.15, 0.2) is 63.6 Å². The van der Waals surface area contributed by atoms with Crippen LogP contribution < -0.4 is 10.6 Å². The zero-order chi connectivity index (χ0) is 18.0. The molecule has 0 saturated carbocycles. The molecule has 0 atom stereocenters. The first-order chi connectivity index (χ1) is 12.8. The number of pyridine rings is 1. The van der Waals surface area contributed by atoms with Crippen LogP contribution in [0.5, 0.6) is 0 Å². The smallest absolute Gasteiger partial charge is 0.191 e. The summed E-state index contributed by atoms with van der Waals surface area (Å²) in [6.45, 7) is 2.18. The van der Waals surface area contributed by atoms with Gasteiger partial charge in [0.1, 0.15) is 10.9 Å². The molecule has 0 aromatic carbocycles. The Morgan fingerprint density at radius 2 is 1.96 bits per heavy atom. The van der Waals surface area contributed by atoms with Crippen LogP contribution in [-0.4, -0.2) is 24.0 Å². The Morgan fingerprint density at radius 1 is 1.11 bits per heavy atom. The van der Waals surface area contributed by atoms with Gasteiger partial charge in [-0.15, -0.1) is 35.3 Å². The minimum absolute atomic E-state index is 0. The molecule has 0 fully saturated rings. The van der Waals surface area contributed by atoms with E-state index in [0.717, 1.165) is 43.2 Å². The topological polar surface area (TPSA) is 62.5 Å². The summed E-state index contributed by atoms with van der Waals surface area (Å²) in [6.07, 6.45) is 5.16. The molecule has 2 N–H and O–H groups in total. The molecule has 3 aromatic heterocycles. The summed E-state index contributed by atoms with van der Waals surface area (Å²) < 4.78 is 5.37. The van der Waals surface area contributed by atoms with E-state index in [1.54, 1.807) is 23.8 Å². The van der Waals surface area contributed by atoms with E-state index in [0.29, 0.717) is 11.7 Å². The van der Waals surface area contributed by atoms with E-state index >= 15 is 0 Å². The first-order valence-corrected chi connectivity index (χ1v) is 9.73. The lowest BCUT2D eigenvalue weighted by Crippen LogP contribution is -2.39. The van der Waals surface area contributed by atoms with Crippen molar-refractivity contribution in [3.63, 3.8) is 0 Å². The highest BCUT2D eigenvalue weighted by Crippen LogP contribution is 2.09. The highest BCUT2D eigenvalue weighted by atomic mass is 127. The van der Waals surface area contributed by atoms with E-state index in [9.17, 15) is 0 Å². The number of aliphatic imine (C=N–C) groups is 1. The number of hydrogen-bond donors (Lipinski definition) is 2. The van der Waals surface area contributed by atoms with Crippen molar-refractivity contribution in [2.75, 3.05) is 13.1 Å². The van der Waals surface area contributed by atoms with Gasteiger partial charge in [0.05, 0.1) is 12.8 Å². The third-order valence-corrected chi connectivity index (χ3v) is 4.80. The lowest BCUT2D eigenvalue weighted by Gasteiger charge is -2.12. The summed E-state index contributed by atoms with van der Waals surface area (Å²) in [6, 6.07) is 11.8. The number of guanidine groups is 1. The number of thiophene rings is 1. The fraction of sp³-hybridized carbons (Fsp3) is 0.263. The number of nitrogens with zero attached hydrogens (tertiary/aromatic N) is 2. The van der Waals surface area contributed by atoms with Gasteiger partial charge in [0, 0.05) is 30.6 Å². The largest absolute Gasteiger partial charge is 0.469 e. The normalized spacial score (nSPS) is 11.1. The van der Waals surface area contributed by atoms with Crippen molar-refractivity contribution in [3.8, 4) is 0 Å². The monoisotopic (exact) mass is 516 g/mol. The molecule has 3 aromatic rings. The van der Waals surface area contributed by atoms with E-state index in [2.05, 4.69) is 32.1 Å². The van der Waals surface area contributed by atoms with Gasteiger partial charge in [-0.25, -0.2) is 9.98 Å². The maximum absolute atomic E-state index is 5.82. The minimum Gasteiger partial charge on any atom is -0.469 e. The number of hydrogen-bond acceptors (Lipinski definition) is 4. The summed E-state index contributed by atoms with van der Waals surface area (Å²) in [5, 5.41) is 9.32. The second-order valence-electron chi connectivity index (χ2n) is 5.67. The maximum atomic E-state index is 5.82. The van der Waals surface area contributed by atoms with Gasteiger partial charge in [0.15, 0.2) is 5.96 Å². The molecule has 0 aliphatic rings. The molecule has 27 heavy (non-hydrogen) atoms. The summed E-state index contributed by atoms with van der Waals surface area (Å²) >= 11 is 7.53. The lowest BCUT2D eigenvalue weighted by atomic mass is 10.2. The number of furan rings is 1. The fourth-order valence-corrected chi connectivity index (χ4v) is 3.11. The van der Waals surface area contributed by atoms with Crippen LogP contribution in [0.3, 0.4) is 0 Å². The van der Waals surface area contributed by atoms with Gasteiger partial charge in [-0.05, 0) is 41.6 Å². The predicted molar refractivity (Wildman–Crippen MR) is 122 cm³/mol. The number of aromatic nitrogens is 1. The number of rotatable bonds is 8. The molecule has 0 saturated heterocycles. The van der Waals surface area contributed by atoms with Crippen molar-refractivity contribution in [3.05, 3.63) is 75.6 Å². The zero-order valence-electron chi connectivity index (χ0n) is 14.7. The molecule has 5 nitrogen and oxygen atoms in total. The van der Waals surface area contributed by atoms with Crippen LogP contribution in [0.2, 0.25) is 5.15 Å². The molecule has 0 spiro atoms. The van der Waals surface area contributed by atoms with Crippen molar-refractivity contribution in [1.29, 1.82) is 0 Å². The van der Waals surface area contributed by atoms with E-state index in [1.807, 2.05) is 30.3 Å². The van der Waals surface area contributed by atoms with Crippen LogP contribution in [0, 0.1) is 0 Å². The predicted octanol–water partition coefficient (Wildman–Crippen LogP) is 4.53. The molecule has 144 valence electrons. The third kappa shape index (κ3) is 7.90. The van der Waals surface area contributed by atoms with Crippen molar-refractivity contribution in [2.45, 2.75) is 19.4 Å². The van der Waals surface area contributed by atoms with Gasteiger partial charge in [0.25, 0.3) is 0 Å². The van der Waals surface area contributed by atoms with Gasteiger partial charge >= 0.3 is 0 Å². The molecular weight excluding hydrogens is 495 g/mol. The van der Waals surface area contributed by atoms with Crippen LogP contribution in [-0.2, 0) is 19.4 Å². The molecule has 3 heterocycles. The van der Waals surface area contributed by atoms with Gasteiger partial charge in [-0.1, -0.05) is 23.7 Å². The van der Waals surface area contributed by atoms with Crippen molar-refractivity contribution < 1.29 is 4.42 Å². The molecule has 0 aliphatic heterocycles. The van der Waals surface area contributed by atoms with Crippen molar-refractivity contribution in [1.82, 2.24) is 15.6 Å². The average molecular weight is 517 g/mol. The average Bonchev–Trinajstić information content (AvgIpc) is 3.35. The van der Waals surface area contributed by atoms with Crippen LogP contribution in [0.25, 0.3) is 0 Å². The Balaban J connectivity index is 0.00000261. The highest BCUT2D eigenvalue weighted by Gasteiger charge is 2.02. The summed E-state index contributed by atoms with van der Waals surface area (Å²) in [5.41, 5.74) is 1.13. The van der Waals surface area contributed by atoms with Gasteiger partial charge in [-0.2, -0.15) is 0 Å². The summed E-state index contributed by atoms with van der Waals surface area (Å²) in [4.78, 5) is 10.0. The van der Waals surface area contributed by atoms with E-state index in [-0.39, 0.29) is 24.0 Å². The molecule has 0 aliphatic carbocycles. The lowest BCUT2D eigenvalue weighted by molar-refractivity contribution is 0.506. The summed E-state index contributed by atoms with van der Waals surface area (Å²) in [5.74, 6) is 1.76. The first kappa shape index (κ1) is 21.7. The zero-order valence-corrected chi connectivity index (χ0v) is 18.6. The molecule has 0 radical (unpaired) electrons. The van der Waals surface area contributed by atoms with E-state index < -0.39 is 0 Å². The number of halogens is 2. The van der Waals surface area contributed by atoms with E-state index in [4.69, 9.17) is 16.0 Å². The Morgan fingerprint density at radius 3 is 2.63 bits per heavy atom. The Kier molecular flexibility index (Phi) is 9.65. The molecular formula is C19H22ClIN4OS. The second-order valence-corrected chi connectivity index (χ2v) is 7.09. The first-order valence-electron chi connectivity index (χ1n) is 8.47. The molecule has 8 heteroatoms. The van der Waals surface area contributed by atoms with E-state index in [1.165, 1.54) is 4.88 Å². The quantitative estimate of drug-likeness (QED) is 0.200. The van der Waals surface area contributed by atoms with Crippen molar-refractivity contribution in [2.24, 2.45) is 4.99 Å². The molecule has 0 unspecified atom stereocenters. The van der Waals surface area contributed by atoms with Crippen LogP contribution >= 0.6 is 46.9 Å². The van der Waals surface area contributed by atoms with Crippen LogP contribution in [0.1, 0.15) is 16.2 Å². The Bertz CT molecular complexity index is 792. The fourth-order valence-electron chi connectivity index (χ4n) is 2.37. The Hall–Kier alpha value is -1.58. The third-order valence-electron chi connectivity index (χ3n) is 3.71. The SMILES string of the molecule is Clc1ccc(CCNC(=NCc2cccs2)NCCc2ccco2)cn1.I. The van der Waals surface area contributed by atoms with Gasteiger partial charge in [-0.3, -0.25) is 0 Å². The standard InChI is InChI=1S/C19H21ClN4OS.HI/c20-18-6-5-15(13-23-18)7-9-21-19(24-14-17-4-2-12-26-17)22-10-8-16-3-1-11-25-16;/h1-6,11-13H,7-10,14H2,(H2,21,22,24);1H. The highest BCUT2D eigenvalue weighted by molar-refractivity contribution is 14.0.